The number of ether oxygens (including phenoxy) is 1. The van der Waals surface area contributed by atoms with Crippen LogP contribution in [0.25, 0.3) is 0 Å². The number of guanidine groups is 1. The van der Waals surface area contributed by atoms with Gasteiger partial charge in [-0.15, -0.1) is 24.0 Å². The highest BCUT2D eigenvalue weighted by molar-refractivity contribution is 14.0. The minimum atomic E-state index is 0. The molecular formula is C18H30IN3O. The highest BCUT2D eigenvalue weighted by Crippen LogP contribution is 2.42. The van der Waals surface area contributed by atoms with Gasteiger partial charge in [0.05, 0.1) is 13.2 Å². The molecule has 5 heteroatoms. The van der Waals surface area contributed by atoms with Crippen molar-refractivity contribution in [3.8, 4) is 0 Å². The van der Waals surface area contributed by atoms with Crippen molar-refractivity contribution in [3.05, 3.63) is 35.9 Å². The fourth-order valence-electron chi connectivity index (χ4n) is 2.83. The van der Waals surface area contributed by atoms with Gasteiger partial charge in [-0.1, -0.05) is 43.7 Å². The third-order valence-corrected chi connectivity index (χ3v) is 4.67. The molecule has 0 unspecified atom stereocenters. The Labute approximate surface area is 157 Å². The van der Waals surface area contributed by atoms with E-state index in [2.05, 4.69) is 34.7 Å². The van der Waals surface area contributed by atoms with E-state index < -0.39 is 0 Å². The number of nitrogens with one attached hydrogen (secondary N) is 2. The lowest BCUT2D eigenvalue weighted by Gasteiger charge is -2.41. The molecule has 2 rings (SSSR count). The molecule has 0 radical (unpaired) electrons. The van der Waals surface area contributed by atoms with Crippen molar-refractivity contribution in [1.29, 1.82) is 0 Å². The summed E-state index contributed by atoms with van der Waals surface area (Å²) >= 11 is 0. The van der Waals surface area contributed by atoms with Gasteiger partial charge in [0.15, 0.2) is 5.96 Å². The van der Waals surface area contributed by atoms with E-state index in [0.29, 0.717) is 18.6 Å². The molecule has 0 saturated heterocycles. The Bertz CT molecular complexity index is 455. The van der Waals surface area contributed by atoms with Crippen LogP contribution in [0.3, 0.4) is 0 Å². The van der Waals surface area contributed by atoms with Gasteiger partial charge in [-0.25, -0.2) is 0 Å². The van der Waals surface area contributed by atoms with Crippen molar-refractivity contribution in [2.24, 2.45) is 10.4 Å². The number of benzene rings is 1. The van der Waals surface area contributed by atoms with Gasteiger partial charge in [0.2, 0.25) is 0 Å². The van der Waals surface area contributed by atoms with Gasteiger partial charge in [-0.2, -0.15) is 0 Å². The van der Waals surface area contributed by atoms with Crippen molar-refractivity contribution in [2.45, 2.75) is 39.2 Å². The third kappa shape index (κ3) is 6.67. The minimum Gasteiger partial charge on any atom is -0.375 e. The summed E-state index contributed by atoms with van der Waals surface area (Å²) in [7, 11) is 1.82. The zero-order chi connectivity index (χ0) is 15.7. The van der Waals surface area contributed by atoms with Crippen LogP contribution < -0.4 is 10.6 Å². The summed E-state index contributed by atoms with van der Waals surface area (Å²) in [4.78, 5) is 4.28. The van der Waals surface area contributed by atoms with E-state index in [4.69, 9.17) is 4.74 Å². The molecule has 0 aromatic heterocycles. The molecule has 0 amide bonds. The van der Waals surface area contributed by atoms with Crippen LogP contribution in [0.5, 0.6) is 0 Å². The summed E-state index contributed by atoms with van der Waals surface area (Å²) < 4.78 is 5.67. The Morgan fingerprint density at radius 2 is 1.96 bits per heavy atom. The average molecular weight is 431 g/mol. The number of hydrogen-bond acceptors (Lipinski definition) is 2. The fourth-order valence-corrected chi connectivity index (χ4v) is 2.83. The van der Waals surface area contributed by atoms with Gasteiger partial charge in [-0.3, -0.25) is 4.99 Å². The number of aliphatic imine (C=N–C) groups is 1. The maximum Gasteiger partial charge on any atom is 0.191 e. The normalized spacial score (nSPS) is 16.2. The second kappa shape index (κ2) is 10.9. The summed E-state index contributed by atoms with van der Waals surface area (Å²) in [5.41, 5.74) is 1.71. The molecule has 1 aromatic rings. The van der Waals surface area contributed by atoms with Crippen LogP contribution in [-0.2, 0) is 11.3 Å². The van der Waals surface area contributed by atoms with E-state index in [1.54, 1.807) is 0 Å². The molecule has 0 spiro atoms. The molecule has 0 heterocycles. The maximum atomic E-state index is 5.67. The van der Waals surface area contributed by atoms with Gasteiger partial charge in [0.25, 0.3) is 0 Å². The van der Waals surface area contributed by atoms with Gasteiger partial charge in [0.1, 0.15) is 0 Å². The predicted octanol–water partition coefficient (Wildman–Crippen LogP) is 3.57. The predicted molar refractivity (Wildman–Crippen MR) is 107 cm³/mol. The molecule has 1 aromatic carbocycles. The number of hydrogen-bond donors (Lipinski definition) is 2. The van der Waals surface area contributed by atoms with Gasteiger partial charge < -0.3 is 15.4 Å². The highest BCUT2D eigenvalue weighted by atomic mass is 127. The molecule has 1 aliphatic carbocycles. The zero-order valence-electron chi connectivity index (χ0n) is 14.3. The first-order chi connectivity index (χ1) is 10.8. The SMILES string of the molecule is CCC1(CNC(=NC)NCCOCc2ccccc2)CCC1.I. The van der Waals surface area contributed by atoms with E-state index in [0.717, 1.165) is 19.0 Å². The van der Waals surface area contributed by atoms with Crippen molar-refractivity contribution < 1.29 is 4.74 Å². The van der Waals surface area contributed by atoms with Crippen LogP contribution in [0.15, 0.2) is 35.3 Å². The molecule has 0 bridgehead atoms. The standard InChI is InChI=1S/C18H29N3O.HI/c1-3-18(10-7-11-18)15-21-17(19-2)20-12-13-22-14-16-8-5-4-6-9-16;/h4-6,8-9H,3,7,10-15H2,1-2H3,(H2,19,20,21);1H. The van der Waals surface area contributed by atoms with E-state index in [-0.39, 0.29) is 24.0 Å². The Kier molecular flexibility index (Phi) is 9.55. The summed E-state index contributed by atoms with van der Waals surface area (Å²) in [5.74, 6) is 0.878. The first kappa shape index (κ1) is 20.2. The molecule has 1 aliphatic rings. The van der Waals surface area contributed by atoms with Crippen LogP contribution in [0.2, 0.25) is 0 Å². The molecule has 1 saturated carbocycles. The lowest BCUT2D eigenvalue weighted by Crippen LogP contribution is -2.46. The molecule has 0 atom stereocenters. The molecular weight excluding hydrogens is 401 g/mol. The largest absolute Gasteiger partial charge is 0.375 e. The van der Waals surface area contributed by atoms with E-state index in [1.165, 1.54) is 31.2 Å². The van der Waals surface area contributed by atoms with Crippen molar-refractivity contribution in [1.82, 2.24) is 10.6 Å². The van der Waals surface area contributed by atoms with Crippen LogP contribution in [0, 0.1) is 5.41 Å². The molecule has 130 valence electrons. The van der Waals surface area contributed by atoms with Crippen LogP contribution >= 0.6 is 24.0 Å². The lowest BCUT2D eigenvalue weighted by atomic mass is 9.67. The molecule has 2 N–H and O–H groups in total. The summed E-state index contributed by atoms with van der Waals surface area (Å²) in [6.07, 6.45) is 5.30. The Morgan fingerprint density at radius 3 is 2.52 bits per heavy atom. The van der Waals surface area contributed by atoms with Gasteiger partial charge in [-0.05, 0) is 30.2 Å². The Morgan fingerprint density at radius 1 is 1.22 bits per heavy atom. The second-order valence-electron chi connectivity index (χ2n) is 6.10. The third-order valence-electron chi connectivity index (χ3n) is 4.67. The van der Waals surface area contributed by atoms with Crippen molar-refractivity contribution in [3.63, 3.8) is 0 Å². The zero-order valence-corrected chi connectivity index (χ0v) is 16.6. The van der Waals surface area contributed by atoms with Gasteiger partial charge >= 0.3 is 0 Å². The van der Waals surface area contributed by atoms with Crippen LogP contribution in [-0.4, -0.2) is 32.7 Å². The fraction of sp³-hybridized carbons (Fsp3) is 0.611. The molecule has 23 heavy (non-hydrogen) atoms. The quantitative estimate of drug-likeness (QED) is 0.286. The van der Waals surface area contributed by atoms with E-state index >= 15 is 0 Å². The highest BCUT2D eigenvalue weighted by Gasteiger charge is 2.34. The average Bonchev–Trinajstić information content (AvgIpc) is 2.53. The second-order valence-corrected chi connectivity index (χ2v) is 6.10. The lowest BCUT2D eigenvalue weighted by molar-refractivity contribution is 0.124. The minimum absolute atomic E-state index is 0. The molecule has 0 aliphatic heterocycles. The Balaban J connectivity index is 0.00000264. The van der Waals surface area contributed by atoms with Crippen molar-refractivity contribution >= 4 is 29.9 Å². The first-order valence-corrected chi connectivity index (χ1v) is 8.34. The van der Waals surface area contributed by atoms with Gasteiger partial charge in [0, 0.05) is 20.1 Å². The molecule has 1 fully saturated rings. The maximum absolute atomic E-state index is 5.67. The van der Waals surface area contributed by atoms with Crippen LogP contribution in [0.4, 0.5) is 0 Å². The number of halogens is 1. The summed E-state index contributed by atoms with van der Waals surface area (Å²) in [6, 6.07) is 10.2. The van der Waals surface area contributed by atoms with E-state index in [1.807, 2.05) is 25.2 Å². The Hall–Kier alpha value is -0.820. The summed E-state index contributed by atoms with van der Waals surface area (Å²) in [5, 5.41) is 6.77. The first-order valence-electron chi connectivity index (χ1n) is 8.34. The smallest absolute Gasteiger partial charge is 0.191 e. The molecule has 4 nitrogen and oxygen atoms in total. The number of nitrogens with zero attached hydrogens (tertiary/aromatic N) is 1. The number of rotatable bonds is 8. The topological polar surface area (TPSA) is 45.7 Å². The monoisotopic (exact) mass is 431 g/mol. The van der Waals surface area contributed by atoms with Crippen LogP contribution in [0.1, 0.15) is 38.2 Å². The summed E-state index contributed by atoms with van der Waals surface area (Å²) in [6.45, 7) is 5.41. The van der Waals surface area contributed by atoms with E-state index in [9.17, 15) is 0 Å². The van der Waals surface area contributed by atoms with Crippen molar-refractivity contribution in [2.75, 3.05) is 26.7 Å².